The Balaban J connectivity index is 2.59. The van der Waals surface area contributed by atoms with Crippen LogP contribution >= 0.6 is 15.9 Å². The smallest absolute Gasteiger partial charge is 0.137 e. The topological polar surface area (TPSA) is 52.5 Å². The molecule has 0 bridgehead atoms. The molecule has 2 unspecified atom stereocenters. The SMILES string of the molecule is CC(NCC(O)CO)c1ccc(F)c(Br)c1. The fourth-order valence-corrected chi connectivity index (χ4v) is 1.67. The summed E-state index contributed by atoms with van der Waals surface area (Å²) in [6.07, 6.45) is -0.772. The summed E-state index contributed by atoms with van der Waals surface area (Å²) in [4.78, 5) is 0. The number of aliphatic hydroxyl groups is 2. The summed E-state index contributed by atoms with van der Waals surface area (Å²) in [5, 5.41) is 20.9. The van der Waals surface area contributed by atoms with Crippen molar-refractivity contribution in [3.05, 3.63) is 34.1 Å². The molecule has 1 rings (SSSR count). The van der Waals surface area contributed by atoms with Crippen LogP contribution in [-0.2, 0) is 0 Å². The predicted molar refractivity (Wildman–Crippen MR) is 63.6 cm³/mol. The van der Waals surface area contributed by atoms with Crippen LogP contribution in [-0.4, -0.2) is 29.5 Å². The molecular formula is C11H15BrFNO2. The van der Waals surface area contributed by atoms with Gasteiger partial charge in [-0.25, -0.2) is 4.39 Å². The van der Waals surface area contributed by atoms with Crippen molar-refractivity contribution < 1.29 is 14.6 Å². The van der Waals surface area contributed by atoms with E-state index in [1.165, 1.54) is 6.07 Å². The van der Waals surface area contributed by atoms with Crippen molar-refractivity contribution in [3.63, 3.8) is 0 Å². The van der Waals surface area contributed by atoms with Crippen LogP contribution in [0, 0.1) is 5.82 Å². The summed E-state index contributed by atoms with van der Waals surface area (Å²) in [7, 11) is 0. The van der Waals surface area contributed by atoms with Crippen LogP contribution in [0.2, 0.25) is 0 Å². The highest BCUT2D eigenvalue weighted by Crippen LogP contribution is 2.21. The van der Waals surface area contributed by atoms with E-state index in [9.17, 15) is 9.50 Å². The van der Waals surface area contributed by atoms with E-state index in [1.807, 2.05) is 6.92 Å². The second-order valence-electron chi connectivity index (χ2n) is 3.64. The number of rotatable bonds is 5. The average molecular weight is 292 g/mol. The molecule has 0 saturated carbocycles. The van der Waals surface area contributed by atoms with Gasteiger partial charge in [-0.1, -0.05) is 6.07 Å². The lowest BCUT2D eigenvalue weighted by atomic mass is 10.1. The molecule has 0 fully saturated rings. The summed E-state index contributed by atoms with van der Waals surface area (Å²) in [6.45, 7) is 1.93. The predicted octanol–water partition coefficient (Wildman–Crippen LogP) is 1.59. The minimum atomic E-state index is -0.772. The van der Waals surface area contributed by atoms with Gasteiger partial charge < -0.3 is 15.5 Å². The van der Waals surface area contributed by atoms with Gasteiger partial charge in [0.2, 0.25) is 0 Å². The zero-order valence-electron chi connectivity index (χ0n) is 8.95. The van der Waals surface area contributed by atoms with Crippen molar-refractivity contribution >= 4 is 15.9 Å². The first kappa shape index (κ1) is 13.6. The van der Waals surface area contributed by atoms with Crippen LogP contribution in [0.15, 0.2) is 22.7 Å². The summed E-state index contributed by atoms with van der Waals surface area (Å²) in [6, 6.07) is 4.75. The molecule has 90 valence electrons. The van der Waals surface area contributed by atoms with E-state index >= 15 is 0 Å². The molecule has 1 aromatic carbocycles. The molecule has 0 amide bonds. The van der Waals surface area contributed by atoms with E-state index in [4.69, 9.17) is 5.11 Å². The van der Waals surface area contributed by atoms with E-state index in [0.717, 1.165) is 5.56 Å². The van der Waals surface area contributed by atoms with Crippen LogP contribution in [0.1, 0.15) is 18.5 Å². The first-order valence-electron chi connectivity index (χ1n) is 5.02. The quantitative estimate of drug-likeness (QED) is 0.772. The molecule has 16 heavy (non-hydrogen) atoms. The fourth-order valence-electron chi connectivity index (χ4n) is 1.28. The van der Waals surface area contributed by atoms with E-state index in [0.29, 0.717) is 11.0 Å². The minimum Gasteiger partial charge on any atom is -0.394 e. The second-order valence-corrected chi connectivity index (χ2v) is 4.49. The van der Waals surface area contributed by atoms with Crippen molar-refractivity contribution in [2.24, 2.45) is 0 Å². The van der Waals surface area contributed by atoms with Gasteiger partial charge in [-0.3, -0.25) is 0 Å². The lowest BCUT2D eigenvalue weighted by Gasteiger charge is -2.16. The Hall–Kier alpha value is -0.490. The lowest BCUT2D eigenvalue weighted by Crippen LogP contribution is -2.31. The number of hydrogen-bond donors (Lipinski definition) is 3. The molecule has 0 spiro atoms. The van der Waals surface area contributed by atoms with Gasteiger partial charge in [-0.05, 0) is 40.5 Å². The molecule has 5 heteroatoms. The molecule has 0 radical (unpaired) electrons. The van der Waals surface area contributed by atoms with Crippen LogP contribution in [0.3, 0.4) is 0 Å². The van der Waals surface area contributed by atoms with Gasteiger partial charge in [-0.15, -0.1) is 0 Å². The molecule has 1 aromatic rings. The number of halogens is 2. The van der Waals surface area contributed by atoms with Crippen molar-refractivity contribution in [1.29, 1.82) is 0 Å². The molecular weight excluding hydrogens is 277 g/mol. The molecule has 3 nitrogen and oxygen atoms in total. The van der Waals surface area contributed by atoms with E-state index < -0.39 is 6.10 Å². The Bertz CT molecular complexity index is 349. The van der Waals surface area contributed by atoms with Gasteiger partial charge in [0, 0.05) is 12.6 Å². The molecule has 0 aliphatic heterocycles. The highest BCUT2D eigenvalue weighted by Gasteiger charge is 2.09. The second kappa shape index (κ2) is 6.30. The van der Waals surface area contributed by atoms with Crippen LogP contribution in [0.5, 0.6) is 0 Å². The molecule has 0 heterocycles. The largest absolute Gasteiger partial charge is 0.394 e. The number of nitrogens with one attached hydrogen (secondary N) is 1. The Morgan fingerprint density at radius 3 is 2.75 bits per heavy atom. The van der Waals surface area contributed by atoms with Gasteiger partial charge in [0.15, 0.2) is 0 Å². The third kappa shape index (κ3) is 3.83. The Morgan fingerprint density at radius 2 is 2.19 bits per heavy atom. The van der Waals surface area contributed by atoms with Gasteiger partial charge in [0.1, 0.15) is 5.82 Å². The zero-order chi connectivity index (χ0) is 12.1. The number of hydrogen-bond acceptors (Lipinski definition) is 3. The van der Waals surface area contributed by atoms with Crippen LogP contribution < -0.4 is 5.32 Å². The Kier molecular flexibility index (Phi) is 5.34. The number of aliphatic hydroxyl groups excluding tert-OH is 2. The molecule has 0 aromatic heterocycles. The van der Waals surface area contributed by atoms with E-state index in [1.54, 1.807) is 12.1 Å². The maximum atomic E-state index is 13.0. The molecule has 0 saturated heterocycles. The average Bonchev–Trinajstić information content (AvgIpc) is 2.29. The maximum absolute atomic E-state index is 13.0. The minimum absolute atomic E-state index is 0.0156. The maximum Gasteiger partial charge on any atom is 0.137 e. The van der Waals surface area contributed by atoms with Crippen molar-refractivity contribution in [2.45, 2.75) is 19.1 Å². The lowest BCUT2D eigenvalue weighted by molar-refractivity contribution is 0.0924. The third-order valence-corrected chi connectivity index (χ3v) is 2.92. The summed E-state index contributed by atoms with van der Waals surface area (Å²) < 4.78 is 13.4. The fraction of sp³-hybridized carbons (Fsp3) is 0.455. The summed E-state index contributed by atoms with van der Waals surface area (Å²) in [5.74, 6) is -0.300. The molecule has 2 atom stereocenters. The van der Waals surface area contributed by atoms with Crippen molar-refractivity contribution in [2.75, 3.05) is 13.2 Å². The van der Waals surface area contributed by atoms with Crippen molar-refractivity contribution in [3.8, 4) is 0 Å². The Morgan fingerprint density at radius 1 is 1.50 bits per heavy atom. The zero-order valence-corrected chi connectivity index (χ0v) is 10.5. The third-order valence-electron chi connectivity index (χ3n) is 2.31. The number of benzene rings is 1. The molecule has 0 aliphatic rings. The normalized spacial score (nSPS) is 14.8. The van der Waals surface area contributed by atoms with Crippen LogP contribution in [0.25, 0.3) is 0 Å². The van der Waals surface area contributed by atoms with Gasteiger partial charge >= 0.3 is 0 Å². The van der Waals surface area contributed by atoms with Crippen LogP contribution in [0.4, 0.5) is 4.39 Å². The van der Waals surface area contributed by atoms with Crippen molar-refractivity contribution in [1.82, 2.24) is 5.32 Å². The summed E-state index contributed by atoms with van der Waals surface area (Å²) >= 11 is 3.12. The molecule has 0 aliphatic carbocycles. The van der Waals surface area contributed by atoms with Gasteiger partial charge in [0.05, 0.1) is 17.2 Å². The first-order valence-corrected chi connectivity index (χ1v) is 5.81. The standard InChI is InChI=1S/C11H15BrFNO2/c1-7(14-5-9(16)6-15)8-2-3-11(13)10(12)4-8/h2-4,7,9,14-16H,5-6H2,1H3. The van der Waals surface area contributed by atoms with E-state index in [-0.39, 0.29) is 18.5 Å². The van der Waals surface area contributed by atoms with E-state index in [2.05, 4.69) is 21.2 Å². The monoisotopic (exact) mass is 291 g/mol. The van der Waals surface area contributed by atoms with Gasteiger partial charge in [-0.2, -0.15) is 0 Å². The van der Waals surface area contributed by atoms with Gasteiger partial charge in [0.25, 0.3) is 0 Å². The highest BCUT2D eigenvalue weighted by atomic mass is 79.9. The highest BCUT2D eigenvalue weighted by molar-refractivity contribution is 9.10. The molecule has 3 N–H and O–H groups in total. The first-order chi connectivity index (χ1) is 7.54. The Labute approximate surface area is 102 Å². The summed E-state index contributed by atoms with van der Waals surface area (Å²) in [5.41, 5.74) is 0.915.